The highest BCUT2D eigenvalue weighted by Crippen LogP contribution is 2.14. The first kappa shape index (κ1) is 12.1. The molecule has 1 aromatic carbocycles. The van der Waals surface area contributed by atoms with Gasteiger partial charge in [-0.1, -0.05) is 29.8 Å². The number of aryl methyl sites for hydroxylation is 1. The van der Waals surface area contributed by atoms with Crippen LogP contribution in [0, 0.1) is 6.92 Å². The van der Waals surface area contributed by atoms with Gasteiger partial charge in [0.2, 0.25) is 0 Å². The second kappa shape index (κ2) is 4.96. The predicted molar refractivity (Wildman–Crippen MR) is 76.9 cm³/mol. The van der Waals surface area contributed by atoms with Gasteiger partial charge in [-0.2, -0.15) is 15.2 Å². The van der Waals surface area contributed by atoms with Gasteiger partial charge in [-0.05, 0) is 12.5 Å². The number of fused-ring (bicyclic) bond motifs is 1. The van der Waals surface area contributed by atoms with E-state index in [9.17, 15) is 4.79 Å². The Morgan fingerprint density at radius 3 is 2.90 bits per heavy atom. The van der Waals surface area contributed by atoms with Crippen molar-refractivity contribution in [3.8, 4) is 0 Å². The van der Waals surface area contributed by atoms with E-state index in [4.69, 9.17) is 0 Å². The van der Waals surface area contributed by atoms with E-state index in [1.807, 2.05) is 31.2 Å². The highest BCUT2D eigenvalue weighted by molar-refractivity contribution is 5.86. The van der Waals surface area contributed by atoms with Crippen LogP contribution in [0.5, 0.6) is 0 Å². The van der Waals surface area contributed by atoms with Gasteiger partial charge >= 0.3 is 5.69 Å². The maximum Gasteiger partial charge on any atom is 0.348 e. The minimum atomic E-state index is -0.463. The minimum Gasteiger partial charge on any atom is -0.290 e. The summed E-state index contributed by atoms with van der Waals surface area (Å²) in [5, 5.41) is 11.3. The zero-order valence-corrected chi connectivity index (χ0v) is 10.7. The van der Waals surface area contributed by atoms with Crippen LogP contribution >= 0.6 is 0 Å². The molecule has 2 aromatic heterocycles. The summed E-state index contributed by atoms with van der Waals surface area (Å²) in [5.41, 5.74) is 4.90. The summed E-state index contributed by atoms with van der Waals surface area (Å²) < 4.78 is 0. The van der Waals surface area contributed by atoms with Crippen LogP contribution in [0.1, 0.15) is 11.1 Å². The molecule has 3 N–H and O–H groups in total. The molecular weight excluding hydrogens is 256 g/mol. The van der Waals surface area contributed by atoms with Crippen LogP contribution in [0.4, 0.5) is 5.82 Å². The van der Waals surface area contributed by atoms with Crippen molar-refractivity contribution in [2.75, 3.05) is 5.43 Å². The van der Waals surface area contributed by atoms with Gasteiger partial charge in [-0.25, -0.2) is 4.79 Å². The fourth-order valence-corrected chi connectivity index (χ4v) is 1.76. The van der Waals surface area contributed by atoms with Crippen molar-refractivity contribution in [1.82, 2.24) is 20.2 Å². The number of aromatic nitrogens is 4. The van der Waals surface area contributed by atoms with Crippen molar-refractivity contribution in [2.24, 2.45) is 5.10 Å². The van der Waals surface area contributed by atoms with Crippen LogP contribution in [0.15, 0.2) is 40.4 Å². The molecule has 0 bridgehead atoms. The summed E-state index contributed by atoms with van der Waals surface area (Å²) in [7, 11) is 0. The van der Waals surface area contributed by atoms with Crippen molar-refractivity contribution >= 4 is 23.1 Å². The first-order chi connectivity index (χ1) is 9.72. The summed E-state index contributed by atoms with van der Waals surface area (Å²) in [6.45, 7) is 2.02. The van der Waals surface area contributed by atoms with E-state index in [2.05, 4.69) is 30.7 Å². The summed E-state index contributed by atoms with van der Waals surface area (Å²) in [6, 6.07) is 7.93. The predicted octanol–water partition coefficient (Wildman–Crippen LogP) is 1.40. The molecule has 0 spiro atoms. The van der Waals surface area contributed by atoms with E-state index >= 15 is 0 Å². The van der Waals surface area contributed by atoms with Gasteiger partial charge in [0.1, 0.15) is 5.82 Å². The highest BCUT2D eigenvalue weighted by Gasteiger charge is 2.04. The summed E-state index contributed by atoms with van der Waals surface area (Å²) in [6.07, 6.45) is 3.24. The Morgan fingerprint density at radius 1 is 1.30 bits per heavy atom. The number of H-pyrrole nitrogens is 2. The molecule has 0 aliphatic rings. The lowest BCUT2D eigenvalue weighted by molar-refractivity contribution is 1.06. The molecule has 20 heavy (non-hydrogen) atoms. The Kier molecular flexibility index (Phi) is 3.00. The number of rotatable bonds is 3. The van der Waals surface area contributed by atoms with E-state index < -0.39 is 5.69 Å². The number of nitrogens with zero attached hydrogens (tertiary/aromatic N) is 3. The molecule has 0 unspecified atom stereocenters. The van der Waals surface area contributed by atoms with E-state index in [0.29, 0.717) is 16.9 Å². The van der Waals surface area contributed by atoms with Gasteiger partial charge in [-0.15, -0.1) is 0 Å². The Hall–Kier alpha value is -2.96. The van der Waals surface area contributed by atoms with E-state index in [0.717, 1.165) is 5.56 Å². The van der Waals surface area contributed by atoms with Crippen molar-refractivity contribution < 1.29 is 0 Å². The summed E-state index contributed by atoms with van der Waals surface area (Å²) >= 11 is 0. The number of nitrogens with one attached hydrogen (secondary N) is 3. The van der Waals surface area contributed by atoms with E-state index in [-0.39, 0.29) is 0 Å². The molecule has 0 saturated heterocycles. The lowest BCUT2D eigenvalue weighted by Crippen LogP contribution is -2.12. The van der Waals surface area contributed by atoms with Crippen molar-refractivity contribution in [3.05, 3.63) is 52.1 Å². The molecule has 3 aromatic rings. The summed E-state index contributed by atoms with van der Waals surface area (Å²) in [5.74, 6) is 0.456. The summed E-state index contributed by atoms with van der Waals surface area (Å²) in [4.78, 5) is 17.7. The van der Waals surface area contributed by atoms with Crippen LogP contribution in [-0.4, -0.2) is 26.4 Å². The first-order valence-corrected chi connectivity index (χ1v) is 6.01. The molecule has 7 nitrogen and oxygen atoms in total. The maximum absolute atomic E-state index is 11.4. The van der Waals surface area contributed by atoms with Gasteiger partial charge in [0, 0.05) is 0 Å². The van der Waals surface area contributed by atoms with Gasteiger partial charge in [0.25, 0.3) is 0 Å². The molecule has 0 radical (unpaired) electrons. The molecule has 0 saturated carbocycles. The van der Waals surface area contributed by atoms with E-state index in [1.165, 1.54) is 5.56 Å². The highest BCUT2D eigenvalue weighted by atomic mass is 16.1. The number of aromatic amines is 2. The number of anilines is 1. The van der Waals surface area contributed by atoms with Crippen LogP contribution in [0.25, 0.3) is 11.0 Å². The molecule has 2 heterocycles. The molecule has 0 fully saturated rings. The number of hydrazone groups is 1. The van der Waals surface area contributed by atoms with Crippen LogP contribution < -0.4 is 11.1 Å². The van der Waals surface area contributed by atoms with Gasteiger partial charge in [0.15, 0.2) is 5.65 Å². The number of hydrogen-bond donors (Lipinski definition) is 3. The third-order valence-corrected chi connectivity index (χ3v) is 2.80. The van der Waals surface area contributed by atoms with Crippen molar-refractivity contribution in [1.29, 1.82) is 0 Å². The average Bonchev–Trinajstić information content (AvgIpc) is 2.89. The van der Waals surface area contributed by atoms with E-state index in [1.54, 1.807) is 12.4 Å². The average molecular weight is 268 g/mol. The molecule has 0 atom stereocenters. The molecule has 0 aliphatic heterocycles. The lowest BCUT2D eigenvalue weighted by atomic mass is 10.2. The topological polar surface area (TPSA) is 98.8 Å². The normalized spacial score (nSPS) is 11.2. The Morgan fingerprint density at radius 2 is 2.10 bits per heavy atom. The standard InChI is InChI=1S/C13H12N6O/c1-8-2-4-9(5-3-8)6-14-18-11-10-7-15-19-12(10)17-13(20)16-11/h2-7H,1H3,(H3,15,16,17,18,19,20)/b14-6+. The van der Waals surface area contributed by atoms with Crippen molar-refractivity contribution in [3.63, 3.8) is 0 Å². The van der Waals surface area contributed by atoms with Crippen LogP contribution in [0.2, 0.25) is 0 Å². The number of benzene rings is 1. The second-order valence-corrected chi connectivity index (χ2v) is 4.33. The second-order valence-electron chi connectivity index (χ2n) is 4.33. The molecular formula is C13H12N6O. The Labute approximate surface area is 113 Å². The minimum absolute atomic E-state index is 0.418. The molecule has 0 aliphatic carbocycles. The lowest BCUT2D eigenvalue weighted by Gasteiger charge is -2.00. The third kappa shape index (κ3) is 2.41. The Balaban J connectivity index is 1.84. The van der Waals surface area contributed by atoms with Gasteiger partial charge in [0.05, 0.1) is 17.8 Å². The third-order valence-electron chi connectivity index (χ3n) is 2.80. The SMILES string of the molecule is Cc1ccc(/C=N/Nc2[nH]c(=O)nc3[nH]ncc23)cc1. The van der Waals surface area contributed by atoms with Crippen molar-refractivity contribution in [2.45, 2.75) is 6.92 Å². The molecule has 100 valence electrons. The molecule has 7 heteroatoms. The maximum atomic E-state index is 11.4. The molecule has 3 rings (SSSR count). The van der Waals surface area contributed by atoms with Crippen LogP contribution in [0.3, 0.4) is 0 Å². The fourth-order valence-electron chi connectivity index (χ4n) is 1.76. The largest absolute Gasteiger partial charge is 0.348 e. The molecule has 0 amide bonds. The Bertz CT molecular complexity index is 815. The smallest absolute Gasteiger partial charge is 0.290 e. The monoisotopic (exact) mass is 268 g/mol. The zero-order chi connectivity index (χ0) is 13.9. The number of hydrogen-bond acceptors (Lipinski definition) is 5. The zero-order valence-electron chi connectivity index (χ0n) is 10.7. The first-order valence-electron chi connectivity index (χ1n) is 6.01. The quantitative estimate of drug-likeness (QED) is 0.494. The fraction of sp³-hybridized carbons (Fsp3) is 0.0769. The van der Waals surface area contributed by atoms with Crippen LogP contribution in [-0.2, 0) is 0 Å². The van der Waals surface area contributed by atoms with Gasteiger partial charge in [-0.3, -0.25) is 15.5 Å². The van der Waals surface area contributed by atoms with Gasteiger partial charge < -0.3 is 0 Å².